The molecule has 0 unspecified atom stereocenters. The molecule has 0 aliphatic rings. The van der Waals surface area contributed by atoms with E-state index in [1.54, 1.807) is 7.05 Å². The van der Waals surface area contributed by atoms with Gasteiger partial charge in [-0.25, -0.2) is 0 Å². The van der Waals surface area contributed by atoms with E-state index < -0.39 is 0 Å². The highest BCUT2D eigenvalue weighted by atomic mass is 35.5. The fraction of sp³-hybridized carbons (Fsp3) is 0.900. The van der Waals surface area contributed by atoms with Crippen molar-refractivity contribution < 1.29 is 4.79 Å². The van der Waals surface area contributed by atoms with E-state index in [-0.39, 0.29) is 18.3 Å². The highest BCUT2D eigenvalue weighted by Gasteiger charge is 1.97. The van der Waals surface area contributed by atoms with Crippen molar-refractivity contribution in [2.75, 3.05) is 31.6 Å². The standard InChI is InChI=1S/C10H22N2OS.ClH/c1-9(2)8-14-6-4-5-12-10(13)7-11-3;/h9,11H,4-8H2,1-3H3,(H,12,13);1H. The van der Waals surface area contributed by atoms with Gasteiger partial charge in [0, 0.05) is 6.54 Å². The number of carbonyl (C=O) groups excluding carboxylic acids is 1. The average Bonchev–Trinajstić information content (AvgIpc) is 2.11. The van der Waals surface area contributed by atoms with E-state index in [4.69, 9.17) is 0 Å². The van der Waals surface area contributed by atoms with Crippen LogP contribution in [0, 0.1) is 5.92 Å². The second-order valence-corrected chi connectivity index (χ2v) is 4.85. The predicted molar refractivity (Wildman–Crippen MR) is 71.0 cm³/mol. The number of hydrogen-bond acceptors (Lipinski definition) is 3. The van der Waals surface area contributed by atoms with Gasteiger partial charge in [-0.15, -0.1) is 12.4 Å². The smallest absolute Gasteiger partial charge is 0.233 e. The second-order valence-electron chi connectivity index (χ2n) is 3.70. The van der Waals surface area contributed by atoms with E-state index in [1.165, 1.54) is 5.75 Å². The maximum atomic E-state index is 11.0. The molecule has 15 heavy (non-hydrogen) atoms. The molecule has 0 rings (SSSR count). The molecule has 5 heteroatoms. The molecule has 0 aromatic carbocycles. The van der Waals surface area contributed by atoms with Crippen LogP contribution in [0.5, 0.6) is 0 Å². The van der Waals surface area contributed by atoms with Crippen LogP contribution in [-0.2, 0) is 4.79 Å². The molecule has 2 N–H and O–H groups in total. The van der Waals surface area contributed by atoms with E-state index >= 15 is 0 Å². The topological polar surface area (TPSA) is 41.1 Å². The van der Waals surface area contributed by atoms with E-state index in [2.05, 4.69) is 24.5 Å². The summed E-state index contributed by atoms with van der Waals surface area (Å²) in [5.41, 5.74) is 0. The number of nitrogens with one attached hydrogen (secondary N) is 2. The Bertz CT molecular complexity index is 156. The minimum absolute atomic E-state index is 0. The molecule has 0 fully saturated rings. The van der Waals surface area contributed by atoms with Crippen LogP contribution in [-0.4, -0.2) is 37.6 Å². The third kappa shape index (κ3) is 14.1. The van der Waals surface area contributed by atoms with E-state index in [1.807, 2.05) is 11.8 Å². The van der Waals surface area contributed by atoms with Crippen molar-refractivity contribution >= 4 is 30.1 Å². The summed E-state index contributed by atoms with van der Waals surface area (Å²) in [6.45, 7) is 5.66. The van der Waals surface area contributed by atoms with Crippen LogP contribution < -0.4 is 10.6 Å². The highest BCUT2D eigenvalue weighted by molar-refractivity contribution is 7.99. The molecule has 1 amide bonds. The molecule has 0 aromatic rings. The van der Waals surface area contributed by atoms with Crippen molar-refractivity contribution in [2.24, 2.45) is 5.92 Å². The van der Waals surface area contributed by atoms with Gasteiger partial charge < -0.3 is 10.6 Å². The summed E-state index contributed by atoms with van der Waals surface area (Å²) < 4.78 is 0. The second kappa shape index (κ2) is 12.1. The monoisotopic (exact) mass is 254 g/mol. The maximum absolute atomic E-state index is 11.0. The lowest BCUT2D eigenvalue weighted by molar-refractivity contribution is -0.120. The van der Waals surface area contributed by atoms with Crippen molar-refractivity contribution in [3.8, 4) is 0 Å². The first kappa shape index (κ1) is 17.5. The quantitative estimate of drug-likeness (QED) is 0.646. The fourth-order valence-corrected chi connectivity index (χ4v) is 1.93. The normalized spacial score (nSPS) is 9.87. The van der Waals surface area contributed by atoms with Crippen molar-refractivity contribution in [1.29, 1.82) is 0 Å². The zero-order valence-electron chi connectivity index (χ0n) is 9.84. The van der Waals surface area contributed by atoms with Gasteiger partial charge in [0.05, 0.1) is 6.54 Å². The van der Waals surface area contributed by atoms with Crippen LogP contribution in [0.25, 0.3) is 0 Å². The Morgan fingerprint density at radius 1 is 1.40 bits per heavy atom. The molecule has 92 valence electrons. The van der Waals surface area contributed by atoms with Crippen molar-refractivity contribution in [3.63, 3.8) is 0 Å². The van der Waals surface area contributed by atoms with Crippen LogP contribution in [0.4, 0.5) is 0 Å². The number of likely N-dealkylation sites (N-methyl/N-ethyl adjacent to an activating group) is 1. The molecule has 0 aliphatic heterocycles. The first-order chi connectivity index (χ1) is 6.66. The zero-order chi connectivity index (χ0) is 10.8. The molecular weight excluding hydrogens is 232 g/mol. The number of amides is 1. The van der Waals surface area contributed by atoms with Crippen molar-refractivity contribution in [2.45, 2.75) is 20.3 Å². The summed E-state index contributed by atoms with van der Waals surface area (Å²) in [6, 6.07) is 0. The molecule has 0 heterocycles. The van der Waals surface area contributed by atoms with Crippen LogP contribution >= 0.6 is 24.2 Å². The first-order valence-electron chi connectivity index (χ1n) is 5.16. The van der Waals surface area contributed by atoms with Crippen LogP contribution in [0.1, 0.15) is 20.3 Å². The molecule has 0 saturated carbocycles. The van der Waals surface area contributed by atoms with Gasteiger partial charge in [-0.2, -0.15) is 11.8 Å². The largest absolute Gasteiger partial charge is 0.355 e. The Hall–Kier alpha value is 0.0700. The third-order valence-electron chi connectivity index (χ3n) is 1.58. The lowest BCUT2D eigenvalue weighted by atomic mass is 10.3. The summed E-state index contributed by atoms with van der Waals surface area (Å²) in [7, 11) is 1.78. The van der Waals surface area contributed by atoms with Gasteiger partial charge in [-0.3, -0.25) is 4.79 Å². The van der Waals surface area contributed by atoms with Gasteiger partial charge in [-0.05, 0) is 30.9 Å². The molecule has 0 aliphatic carbocycles. The van der Waals surface area contributed by atoms with Crippen LogP contribution in [0.15, 0.2) is 0 Å². The van der Waals surface area contributed by atoms with Crippen LogP contribution in [0.2, 0.25) is 0 Å². The Morgan fingerprint density at radius 2 is 2.07 bits per heavy atom. The lowest BCUT2D eigenvalue weighted by Gasteiger charge is -2.05. The van der Waals surface area contributed by atoms with Crippen molar-refractivity contribution in [3.05, 3.63) is 0 Å². The Balaban J connectivity index is 0. The van der Waals surface area contributed by atoms with Gasteiger partial charge in [0.25, 0.3) is 0 Å². The third-order valence-corrected chi connectivity index (χ3v) is 3.06. The first-order valence-corrected chi connectivity index (χ1v) is 6.31. The average molecular weight is 255 g/mol. The molecule has 0 bridgehead atoms. The Labute approximate surface area is 104 Å². The highest BCUT2D eigenvalue weighted by Crippen LogP contribution is 2.07. The molecule has 0 saturated heterocycles. The summed E-state index contributed by atoms with van der Waals surface area (Å²) in [4.78, 5) is 11.0. The summed E-state index contributed by atoms with van der Waals surface area (Å²) in [5.74, 6) is 3.20. The predicted octanol–water partition coefficient (Wildman–Crippen LogP) is 1.52. The zero-order valence-corrected chi connectivity index (χ0v) is 11.5. The molecule has 0 aromatic heterocycles. The molecule has 3 nitrogen and oxygen atoms in total. The van der Waals surface area contributed by atoms with Gasteiger partial charge in [0.2, 0.25) is 5.91 Å². The van der Waals surface area contributed by atoms with Gasteiger partial charge in [-0.1, -0.05) is 13.8 Å². The SMILES string of the molecule is CNCC(=O)NCCCSCC(C)C.Cl. The summed E-state index contributed by atoms with van der Waals surface area (Å²) in [5, 5.41) is 5.67. The van der Waals surface area contributed by atoms with E-state index in [0.717, 1.165) is 24.6 Å². The number of thioether (sulfide) groups is 1. The molecular formula is C10H23ClN2OS. The van der Waals surface area contributed by atoms with Gasteiger partial charge in [0.1, 0.15) is 0 Å². The van der Waals surface area contributed by atoms with E-state index in [0.29, 0.717) is 6.54 Å². The number of carbonyl (C=O) groups is 1. The molecule has 0 radical (unpaired) electrons. The maximum Gasteiger partial charge on any atom is 0.233 e. The minimum Gasteiger partial charge on any atom is -0.355 e. The van der Waals surface area contributed by atoms with E-state index in [9.17, 15) is 4.79 Å². The summed E-state index contributed by atoms with van der Waals surface area (Å²) in [6.07, 6.45) is 1.06. The summed E-state index contributed by atoms with van der Waals surface area (Å²) >= 11 is 1.96. The minimum atomic E-state index is 0. The Kier molecular flexibility index (Phi) is 14.1. The van der Waals surface area contributed by atoms with Crippen molar-refractivity contribution in [1.82, 2.24) is 10.6 Å². The van der Waals surface area contributed by atoms with Gasteiger partial charge >= 0.3 is 0 Å². The number of hydrogen-bond donors (Lipinski definition) is 2. The number of rotatable bonds is 8. The number of halogens is 1. The Morgan fingerprint density at radius 3 is 2.60 bits per heavy atom. The van der Waals surface area contributed by atoms with Crippen LogP contribution in [0.3, 0.4) is 0 Å². The van der Waals surface area contributed by atoms with Gasteiger partial charge in [0.15, 0.2) is 0 Å². The lowest BCUT2D eigenvalue weighted by Crippen LogP contribution is -2.32. The fourth-order valence-electron chi connectivity index (χ4n) is 0.944. The molecule has 0 spiro atoms. The molecule has 0 atom stereocenters.